The molecule has 4 nitrogen and oxygen atoms in total. The van der Waals surface area contributed by atoms with Gasteiger partial charge in [0.05, 0.1) is 13.2 Å². The van der Waals surface area contributed by atoms with Crippen LogP contribution in [0.2, 0.25) is 0 Å². The predicted octanol–water partition coefficient (Wildman–Crippen LogP) is 2.11. The van der Waals surface area contributed by atoms with E-state index in [1.807, 2.05) is 6.07 Å². The van der Waals surface area contributed by atoms with E-state index in [0.29, 0.717) is 12.6 Å². The Morgan fingerprint density at radius 3 is 2.85 bits per heavy atom. The van der Waals surface area contributed by atoms with E-state index in [1.54, 1.807) is 7.11 Å². The van der Waals surface area contributed by atoms with Crippen LogP contribution in [-0.4, -0.2) is 44.9 Å². The molecule has 1 aliphatic rings. The van der Waals surface area contributed by atoms with Crippen LogP contribution in [0, 0.1) is 6.92 Å². The number of nitrogens with zero attached hydrogens (tertiary/aromatic N) is 1. The van der Waals surface area contributed by atoms with E-state index >= 15 is 0 Å². The van der Waals surface area contributed by atoms with E-state index in [0.717, 1.165) is 30.9 Å². The van der Waals surface area contributed by atoms with Gasteiger partial charge in [-0.25, -0.2) is 0 Å². The van der Waals surface area contributed by atoms with Crippen LogP contribution in [0.5, 0.6) is 5.75 Å². The third-order valence-corrected chi connectivity index (χ3v) is 4.07. The van der Waals surface area contributed by atoms with E-state index in [4.69, 9.17) is 15.2 Å². The minimum atomic E-state index is 0.226. The Labute approximate surface area is 121 Å². The normalized spacial score (nSPS) is 20.4. The smallest absolute Gasteiger partial charge is 0.121 e. The number of likely N-dealkylation sites (N-methyl/N-ethyl adjacent to an activating group) is 1. The lowest BCUT2D eigenvalue weighted by molar-refractivity contribution is 0.0689. The third kappa shape index (κ3) is 3.51. The van der Waals surface area contributed by atoms with Crippen molar-refractivity contribution in [3.05, 3.63) is 29.3 Å². The minimum Gasteiger partial charge on any atom is -0.496 e. The fraction of sp³-hybridized carbons (Fsp3) is 0.625. The maximum atomic E-state index is 5.99. The Hall–Kier alpha value is -1.10. The van der Waals surface area contributed by atoms with Crippen molar-refractivity contribution in [3.63, 3.8) is 0 Å². The summed E-state index contributed by atoms with van der Waals surface area (Å²) in [5, 5.41) is 0. The zero-order chi connectivity index (χ0) is 14.5. The molecule has 2 atom stereocenters. The number of nitrogens with two attached hydrogens (primary N) is 1. The number of methoxy groups -OCH3 is 1. The molecule has 0 saturated carbocycles. The Kier molecular flexibility index (Phi) is 5.40. The van der Waals surface area contributed by atoms with Crippen LogP contribution in [-0.2, 0) is 4.74 Å². The van der Waals surface area contributed by atoms with Gasteiger partial charge in [0.2, 0.25) is 0 Å². The monoisotopic (exact) mass is 278 g/mol. The van der Waals surface area contributed by atoms with Gasteiger partial charge in [0, 0.05) is 25.7 Å². The molecule has 1 saturated heterocycles. The van der Waals surface area contributed by atoms with Crippen LogP contribution in [0.1, 0.15) is 30.0 Å². The van der Waals surface area contributed by atoms with Crippen LogP contribution in [0.15, 0.2) is 18.2 Å². The summed E-state index contributed by atoms with van der Waals surface area (Å²) in [6.45, 7) is 4.51. The van der Waals surface area contributed by atoms with Gasteiger partial charge in [0.1, 0.15) is 5.75 Å². The molecule has 20 heavy (non-hydrogen) atoms. The third-order valence-electron chi connectivity index (χ3n) is 4.07. The van der Waals surface area contributed by atoms with Crippen molar-refractivity contribution in [2.45, 2.75) is 31.9 Å². The predicted molar refractivity (Wildman–Crippen MR) is 81.1 cm³/mol. The van der Waals surface area contributed by atoms with Gasteiger partial charge >= 0.3 is 0 Å². The van der Waals surface area contributed by atoms with Gasteiger partial charge in [-0.05, 0) is 44.0 Å². The molecule has 112 valence electrons. The molecule has 0 amide bonds. The van der Waals surface area contributed by atoms with Gasteiger partial charge in [0.25, 0.3) is 0 Å². The summed E-state index contributed by atoms with van der Waals surface area (Å²) in [5.41, 5.74) is 8.38. The lowest BCUT2D eigenvalue weighted by Gasteiger charge is -2.29. The maximum Gasteiger partial charge on any atom is 0.121 e. The number of aryl methyl sites for hydroxylation is 1. The summed E-state index contributed by atoms with van der Waals surface area (Å²) >= 11 is 0. The van der Waals surface area contributed by atoms with Crippen molar-refractivity contribution in [1.29, 1.82) is 0 Å². The molecule has 2 N–H and O–H groups in total. The zero-order valence-corrected chi connectivity index (χ0v) is 12.8. The zero-order valence-electron chi connectivity index (χ0n) is 12.8. The van der Waals surface area contributed by atoms with Crippen LogP contribution in [0.25, 0.3) is 0 Å². The van der Waals surface area contributed by atoms with E-state index in [2.05, 4.69) is 31.0 Å². The fourth-order valence-electron chi connectivity index (χ4n) is 2.92. The number of ether oxygens (including phenoxy) is 2. The summed E-state index contributed by atoms with van der Waals surface area (Å²) in [7, 11) is 3.82. The highest BCUT2D eigenvalue weighted by Crippen LogP contribution is 2.26. The van der Waals surface area contributed by atoms with Crippen LogP contribution < -0.4 is 10.5 Å². The van der Waals surface area contributed by atoms with Gasteiger partial charge in [-0.1, -0.05) is 12.1 Å². The van der Waals surface area contributed by atoms with Crippen LogP contribution in [0.4, 0.5) is 0 Å². The molecular formula is C16H26N2O2. The Morgan fingerprint density at radius 1 is 1.50 bits per heavy atom. The molecule has 0 bridgehead atoms. The van der Waals surface area contributed by atoms with Crippen molar-refractivity contribution >= 4 is 0 Å². The highest BCUT2D eigenvalue weighted by Gasteiger charge is 2.22. The second-order valence-corrected chi connectivity index (χ2v) is 5.56. The molecule has 0 aliphatic carbocycles. The Bertz CT molecular complexity index is 430. The molecule has 1 aromatic carbocycles. The van der Waals surface area contributed by atoms with Gasteiger partial charge in [-0.3, -0.25) is 4.90 Å². The molecule has 1 heterocycles. The lowest BCUT2D eigenvalue weighted by Crippen LogP contribution is -2.36. The maximum absolute atomic E-state index is 5.99. The van der Waals surface area contributed by atoms with Gasteiger partial charge in [0.15, 0.2) is 0 Å². The fourth-order valence-corrected chi connectivity index (χ4v) is 2.92. The highest BCUT2D eigenvalue weighted by molar-refractivity contribution is 5.37. The van der Waals surface area contributed by atoms with E-state index in [-0.39, 0.29) is 6.04 Å². The highest BCUT2D eigenvalue weighted by atomic mass is 16.5. The first-order valence-corrected chi connectivity index (χ1v) is 7.32. The standard InChI is InChI=1S/C16H26N2O2/c1-12-9-13(6-7-16(12)19-3)15(10-17)18(2)11-14-5-4-8-20-14/h6-7,9,14-15H,4-5,8,10-11,17H2,1-3H3. The number of hydrogen-bond acceptors (Lipinski definition) is 4. The molecule has 1 aliphatic heterocycles. The van der Waals surface area contributed by atoms with Gasteiger partial charge < -0.3 is 15.2 Å². The first kappa shape index (κ1) is 15.3. The first-order chi connectivity index (χ1) is 9.65. The molecule has 0 spiro atoms. The molecule has 1 aromatic rings. The molecule has 2 unspecified atom stereocenters. The van der Waals surface area contributed by atoms with Gasteiger partial charge in [-0.2, -0.15) is 0 Å². The SMILES string of the molecule is COc1ccc(C(CN)N(C)CC2CCCO2)cc1C. The summed E-state index contributed by atoms with van der Waals surface area (Å²) in [6.07, 6.45) is 2.69. The number of rotatable bonds is 6. The molecular weight excluding hydrogens is 252 g/mol. The van der Waals surface area contributed by atoms with Crippen LogP contribution in [0.3, 0.4) is 0 Å². The largest absolute Gasteiger partial charge is 0.496 e. The van der Waals surface area contributed by atoms with Crippen molar-refractivity contribution in [2.75, 3.05) is 33.9 Å². The van der Waals surface area contributed by atoms with Crippen molar-refractivity contribution < 1.29 is 9.47 Å². The van der Waals surface area contributed by atoms with E-state index in [1.165, 1.54) is 12.0 Å². The van der Waals surface area contributed by atoms with Crippen molar-refractivity contribution in [1.82, 2.24) is 4.90 Å². The van der Waals surface area contributed by atoms with E-state index in [9.17, 15) is 0 Å². The topological polar surface area (TPSA) is 47.7 Å². The van der Waals surface area contributed by atoms with E-state index < -0.39 is 0 Å². The summed E-state index contributed by atoms with van der Waals surface area (Å²) < 4.78 is 11.0. The van der Waals surface area contributed by atoms with Gasteiger partial charge in [-0.15, -0.1) is 0 Å². The lowest BCUT2D eigenvalue weighted by atomic mass is 10.0. The molecule has 2 rings (SSSR count). The molecule has 0 aromatic heterocycles. The quantitative estimate of drug-likeness (QED) is 0.866. The summed E-state index contributed by atoms with van der Waals surface area (Å²) in [5.74, 6) is 0.923. The second-order valence-electron chi connectivity index (χ2n) is 5.56. The Balaban J connectivity index is 2.07. The summed E-state index contributed by atoms with van der Waals surface area (Å²) in [6, 6.07) is 6.52. The Morgan fingerprint density at radius 2 is 2.30 bits per heavy atom. The van der Waals surface area contributed by atoms with Crippen molar-refractivity contribution in [2.24, 2.45) is 5.73 Å². The summed E-state index contributed by atoms with van der Waals surface area (Å²) in [4.78, 5) is 2.30. The molecule has 4 heteroatoms. The first-order valence-electron chi connectivity index (χ1n) is 7.32. The number of hydrogen-bond donors (Lipinski definition) is 1. The molecule has 0 radical (unpaired) electrons. The number of benzene rings is 1. The molecule has 1 fully saturated rings. The minimum absolute atomic E-state index is 0.226. The van der Waals surface area contributed by atoms with Crippen molar-refractivity contribution in [3.8, 4) is 5.75 Å². The van der Waals surface area contributed by atoms with Crippen LogP contribution >= 0.6 is 0 Å². The second kappa shape index (κ2) is 7.07. The average Bonchev–Trinajstić information content (AvgIpc) is 2.92. The average molecular weight is 278 g/mol.